The van der Waals surface area contributed by atoms with Crippen LogP contribution in [0.3, 0.4) is 0 Å². The lowest BCUT2D eigenvalue weighted by Crippen LogP contribution is -2.03. The molecular weight excluding hydrogens is 334 g/mol. The molecule has 3 rings (SSSR count). The predicted molar refractivity (Wildman–Crippen MR) is 113 cm³/mol. The Kier molecular flexibility index (Phi) is 6.69. The predicted octanol–water partition coefficient (Wildman–Crippen LogP) is 6.32. The number of phenols is 1. The minimum Gasteiger partial charge on any atom is -0.504 e. The monoisotopic (exact) mass is 363 g/mol. The summed E-state index contributed by atoms with van der Waals surface area (Å²) in [5, 5.41) is 10.3. The van der Waals surface area contributed by atoms with Crippen LogP contribution in [0.2, 0.25) is 0 Å². The van der Waals surface area contributed by atoms with Crippen molar-refractivity contribution < 1.29 is 9.84 Å². The molecule has 142 valence electrons. The Morgan fingerprint density at radius 3 is 2.56 bits per heavy atom. The first kappa shape index (κ1) is 19.2. The lowest BCUT2D eigenvalue weighted by Gasteiger charge is -2.21. The molecule has 0 aliphatic heterocycles. The van der Waals surface area contributed by atoms with Crippen molar-refractivity contribution in [3.05, 3.63) is 65.7 Å². The van der Waals surface area contributed by atoms with Crippen LogP contribution in [0.4, 0.5) is 5.69 Å². The minimum absolute atomic E-state index is 0.186. The number of nitrogens with zero attached hydrogens (tertiary/aromatic N) is 1. The largest absolute Gasteiger partial charge is 0.504 e. The second-order valence-electron chi connectivity index (χ2n) is 7.14. The van der Waals surface area contributed by atoms with Crippen LogP contribution in [0, 0.1) is 0 Å². The third-order valence-electron chi connectivity index (χ3n) is 5.17. The van der Waals surface area contributed by atoms with Gasteiger partial charge in [-0.15, -0.1) is 6.58 Å². The molecule has 0 amide bonds. The van der Waals surface area contributed by atoms with Crippen LogP contribution in [0.25, 0.3) is 0 Å². The molecule has 0 heterocycles. The average Bonchev–Trinajstić information content (AvgIpc) is 2.71. The number of rotatable bonds is 7. The second kappa shape index (κ2) is 9.40. The van der Waals surface area contributed by atoms with Crippen LogP contribution in [-0.2, 0) is 6.42 Å². The van der Waals surface area contributed by atoms with Gasteiger partial charge in [0.25, 0.3) is 0 Å². The highest BCUT2D eigenvalue weighted by molar-refractivity contribution is 5.83. The molecule has 1 N–H and O–H groups in total. The summed E-state index contributed by atoms with van der Waals surface area (Å²) < 4.78 is 5.55. The zero-order valence-corrected chi connectivity index (χ0v) is 16.2. The van der Waals surface area contributed by atoms with Gasteiger partial charge in [0.15, 0.2) is 11.5 Å². The summed E-state index contributed by atoms with van der Waals surface area (Å²) in [4.78, 5) is 4.61. The van der Waals surface area contributed by atoms with Crippen molar-refractivity contribution in [3.63, 3.8) is 0 Å². The van der Waals surface area contributed by atoms with E-state index in [0.717, 1.165) is 16.8 Å². The summed E-state index contributed by atoms with van der Waals surface area (Å²) in [6.45, 7) is 6.17. The van der Waals surface area contributed by atoms with Gasteiger partial charge in [-0.3, -0.25) is 4.99 Å². The Morgan fingerprint density at radius 2 is 1.89 bits per heavy atom. The fraction of sp³-hybridized carbons (Fsp3) is 0.375. The highest BCUT2D eigenvalue weighted by Gasteiger charge is 2.15. The Hall–Kier alpha value is -2.55. The molecule has 0 atom stereocenters. The first-order chi connectivity index (χ1) is 13.2. The Labute approximate surface area is 162 Å². The summed E-state index contributed by atoms with van der Waals surface area (Å²) in [6.07, 6.45) is 10.9. The number of allylic oxidation sites excluding steroid dienone is 1. The van der Waals surface area contributed by atoms with Crippen molar-refractivity contribution in [2.45, 2.75) is 51.4 Å². The summed E-state index contributed by atoms with van der Waals surface area (Å²) in [6, 6.07) is 12.4. The molecule has 2 aromatic carbocycles. The maximum atomic E-state index is 10.3. The number of aromatic hydroxyl groups is 1. The van der Waals surface area contributed by atoms with E-state index in [1.165, 1.54) is 37.7 Å². The van der Waals surface area contributed by atoms with E-state index in [9.17, 15) is 5.11 Å². The molecule has 0 radical (unpaired) electrons. The summed E-state index contributed by atoms with van der Waals surface area (Å²) >= 11 is 0. The van der Waals surface area contributed by atoms with Crippen molar-refractivity contribution in [1.82, 2.24) is 0 Å². The summed E-state index contributed by atoms with van der Waals surface area (Å²) in [5.41, 5.74) is 4.07. The molecule has 1 fully saturated rings. The van der Waals surface area contributed by atoms with E-state index in [1.807, 2.05) is 25.3 Å². The highest BCUT2D eigenvalue weighted by Crippen LogP contribution is 2.34. The quantitative estimate of drug-likeness (QED) is 0.462. The fourth-order valence-electron chi connectivity index (χ4n) is 3.76. The molecule has 0 bridgehead atoms. The molecule has 1 saturated carbocycles. The van der Waals surface area contributed by atoms with Gasteiger partial charge in [-0.05, 0) is 67.5 Å². The maximum absolute atomic E-state index is 10.3. The molecule has 3 heteroatoms. The van der Waals surface area contributed by atoms with E-state index in [-0.39, 0.29) is 5.75 Å². The van der Waals surface area contributed by atoms with Gasteiger partial charge in [-0.2, -0.15) is 0 Å². The summed E-state index contributed by atoms with van der Waals surface area (Å²) in [5.74, 6) is 1.39. The van der Waals surface area contributed by atoms with Crippen molar-refractivity contribution in [2.24, 2.45) is 4.99 Å². The molecule has 1 aliphatic carbocycles. The van der Waals surface area contributed by atoms with Crippen LogP contribution in [0.1, 0.15) is 61.6 Å². The van der Waals surface area contributed by atoms with Gasteiger partial charge < -0.3 is 9.84 Å². The topological polar surface area (TPSA) is 41.8 Å². The van der Waals surface area contributed by atoms with E-state index < -0.39 is 0 Å². The smallest absolute Gasteiger partial charge is 0.161 e. The zero-order valence-electron chi connectivity index (χ0n) is 16.2. The number of hydrogen-bond donors (Lipinski definition) is 1. The Balaban J connectivity index is 1.77. The number of benzene rings is 2. The van der Waals surface area contributed by atoms with Crippen LogP contribution < -0.4 is 4.74 Å². The molecule has 27 heavy (non-hydrogen) atoms. The van der Waals surface area contributed by atoms with E-state index in [1.54, 1.807) is 6.08 Å². The van der Waals surface area contributed by atoms with Gasteiger partial charge in [0.05, 0.1) is 12.3 Å². The molecule has 3 nitrogen and oxygen atoms in total. The van der Waals surface area contributed by atoms with Gasteiger partial charge in [-0.25, -0.2) is 0 Å². The van der Waals surface area contributed by atoms with Crippen LogP contribution in [0.15, 0.2) is 54.0 Å². The normalized spacial score (nSPS) is 15.1. The zero-order chi connectivity index (χ0) is 19.1. The van der Waals surface area contributed by atoms with Crippen LogP contribution >= 0.6 is 0 Å². The third kappa shape index (κ3) is 5.00. The molecule has 0 spiro atoms. The third-order valence-corrected chi connectivity index (χ3v) is 5.17. The van der Waals surface area contributed by atoms with Gasteiger partial charge in [-0.1, -0.05) is 37.5 Å². The second-order valence-corrected chi connectivity index (χ2v) is 7.14. The molecule has 0 aromatic heterocycles. The number of ether oxygens (including phenoxy) is 1. The first-order valence-electron chi connectivity index (χ1n) is 9.95. The number of phenolic OH excluding ortho intramolecular Hbond substituents is 1. The summed E-state index contributed by atoms with van der Waals surface area (Å²) in [7, 11) is 0. The molecule has 1 aliphatic rings. The average molecular weight is 364 g/mol. The van der Waals surface area contributed by atoms with Crippen molar-refractivity contribution in [2.75, 3.05) is 6.61 Å². The lowest BCUT2D eigenvalue weighted by atomic mass is 9.84. The Bertz CT molecular complexity index is 787. The van der Waals surface area contributed by atoms with Crippen molar-refractivity contribution >= 4 is 11.9 Å². The van der Waals surface area contributed by atoms with E-state index in [4.69, 9.17) is 4.74 Å². The fourth-order valence-corrected chi connectivity index (χ4v) is 3.76. The number of hydrogen-bond acceptors (Lipinski definition) is 3. The Morgan fingerprint density at radius 1 is 1.15 bits per heavy atom. The minimum atomic E-state index is 0.186. The van der Waals surface area contributed by atoms with Gasteiger partial charge in [0.1, 0.15) is 0 Å². The van der Waals surface area contributed by atoms with Crippen LogP contribution in [-0.4, -0.2) is 17.9 Å². The van der Waals surface area contributed by atoms with Crippen molar-refractivity contribution in [3.8, 4) is 11.5 Å². The molecular formula is C24H29NO2. The van der Waals surface area contributed by atoms with Crippen molar-refractivity contribution in [1.29, 1.82) is 0 Å². The maximum Gasteiger partial charge on any atom is 0.161 e. The number of aliphatic imine (C=N–C) groups is 1. The highest BCUT2D eigenvalue weighted by atomic mass is 16.5. The van der Waals surface area contributed by atoms with Crippen LogP contribution in [0.5, 0.6) is 11.5 Å². The van der Waals surface area contributed by atoms with Gasteiger partial charge in [0.2, 0.25) is 0 Å². The standard InChI is InChI=1S/C24H29NO2/c1-3-8-21-15-18(16-23(24(21)26)27-4-2)17-25-22-13-11-20(12-14-22)19-9-6-5-7-10-19/h3,11-17,19,26H,1,4-10H2,2H3. The molecule has 2 aromatic rings. The van der Waals surface area contributed by atoms with E-state index >= 15 is 0 Å². The van der Waals surface area contributed by atoms with Gasteiger partial charge in [0, 0.05) is 11.8 Å². The molecule has 0 saturated heterocycles. The van der Waals surface area contributed by atoms with E-state index in [2.05, 4.69) is 35.8 Å². The van der Waals surface area contributed by atoms with E-state index in [0.29, 0.717) is 24.7 Å². The van der Waals surface area contributed by atoms with Gasteiger partial charge >= 0.3 is 0 Å². The lowest BCUT2D eigenvalue weighted by molar-refractivity contribution is 0.317. The SMILES string of the molecule is C=CCc1cc(C=Nc2ccc(C3CCCCC3)cc2)cc(OCC)c1O. The first-order valence-corrected chi connectivity index (χ1v) is 9.95. The molecule has 0 unspecified atom stereocenters.